The van der Waals surface area contributed by atoms with Gasteiger partial charge in [-0.3, -0.25) is 14.5 Å². The van der Waals surface area contributed by atoms with Crippen molar-refractivity contribution in [2.24, 2.45) is 0 Å². The number of thioether (sulfide) groups is 1. The molecule has 2 amide bonds. The molecule has 2 unspecified atom stereocenters. The molecule has 3 aromatic rings. The molecule has 4 rings (SSSR count). The van der Waals surface area contributed by atoms with Crippen molar-refractivity contribution in [3.8, 4) is 11.3 Å². The normalized spacial score (nSPS) is 18.6. The highest BCUT2D eigenvalue weighted by molar-refractivity contribution is 8.00. The number of imidazole rings is 1. The average Bonchev–Trinajstić information content (AvgIpc) is 3.51. The number of hydrogen-bond acceptors (Lipinski definition) is 5. The molecule has 1 saturated heterocycles. The molecule has 2 heterocycles. The molecule has 0 spiro atoms. The van der Waals surface area contributed by atoms with E-state index in [9.17, 15) is 9.59 Å². The largest absolute Gasteiger partial charge is 0.359 e. The summed E-state index contributed by atoms with van der Waals surface area (Å²) in [5.74, 6) is 1.49. The van der Waals surface area contributed by atoms with Gasteiger partial charge >= 0.3 is 0 Å². The summed E-state index contributed by atoms with van der Waals surface area (Å²) >= 11 is 1.71. The Morgan fingerprint density at radius 3 is 2.54 bits per heavy atom. The van der Waals surface area contributed by atoms with Crippen molar-refractivity contribution in [3.05, 3.63) is 77.7 Å². The van der Waals surface area contributed by atoms with E-state index in [1.165, 1.54) is 5.56 Å². The number of aryl methyl sites for hydroxylation is 1. The van der Waals surface area contributed by atoms with Gasteiger partial charge in [0.1, 0.15) is 11.9 Å². The first-order valence-corrected chi connectivity index (χ1v) is 12.9. The summed E-state index contributed by atoms with van der Waals surface area (Å²) in [4.78, 5) is 38.2. The van der Waals surface area contributed by atoms with Gasteiger partial charge in [-0.1, -0.05) is 60.2 Å². The molecule has 3 atom stereocenters. The van der Waals surface area contributed by atoms with E-state index in [0.717, 1.165) is 28.4 Å². The second-order valence-electron chi connectivity index (χ2n) is 9.09. The predicted molar refractivity (Wildman–Crippen MR) is 141 cm³/mol. The third-order valence-corrected chi connectivity index (χ3v) is 7.74. The summed E-state index contributed by atoms with van der Waals surface area (Å²) in [5, 5.41) is 2.58. The highest BCUT2D eigenvalue weighted by Crippen LogP contribution is 2.42. The fraction of sp³-hybridized carbons (Fsp3) is 0.370. The number of carbonyl (C=O) groups excluding carboxylic acids is 2. The smallest absolute Gasteiger partial charge is 0.246 e. The Morgan fingerprint density at radius 1 is 1.17 bits per heavy atom. The van der Waals surface area contributed by atoms with Crippen LogP contribution in [0.3, 0.4) is 0 Å². The van der Waals surface area contributed by atoms with E-state index in [4.69, 9.17) is 4.98 Å². The van der Waals surface area contributed by atoms with Crippen LogP contribution in [0.4, 0.5) is 0 Å². The summed E-state index contributed by atoms with van der Waals surface area (Å²) in [5.41, 5.74) is 4.14. The lowest BCUT2D eigenvalue weighted by atomic mass is 10.0. The van der Waals surface area contributed by atoms with Gasteiger partial charge in [-0.25, -0.2) is 4.98 Å². The van der Waals surface area contributed by atoms with Crippen molar-refractivity contribution in [1.82, 2.24) is 25.1 Å². The van der Waals surface area contributed by atoms with Crippen LogP contribution < -0.4 is 5.32 Å². The maximum absolute atomic E-state index is 14.1. The van der Waals surface area contributed by atoms with Gasteiger partial charge in [0.2, 0.25) is 11.8 Å². The standard InChI is InChI=1S/C27H33N5O2S/c1-18-10-12-19(13-11-18)21-16-29-26(30-21)22-17-35-24(15-14-23(33)28-2)32(22)27(34)25(31(3)4)20-8-6-5-7-9-20/h5-13,16,22,24-25H,14-15,17H2,1-4H3,(H,28,33)(H,29,30)/t22-,24?,25?/m0/s1. The van der Waals surface area contributed by atoms with Crippen LogP contribution in [-0.2, 0) is 9.59 Å². The van der Waals surface area contributed by atoms with Gasteiger partial charge in [0.05, 0.1) is 23.3 Å². The lowest BCUT2D eigenvalue weighted by Gasteiger charge is -2.34. The van der Waals surface area contributed by atoms with Gasteiger partial charge in [-0.05, 0) is 38.6 Å². The van der Waals surface area contributed by atoms with E-state index in [0.29, 0.717) is 12.8 Å². The molecule has 2 aromatic carbocycles. The topological polar surface area (TPSA) is 81.3 Å². The van der Waals surface area contributed by atoms with Crippen LogP contribution in [0, 0.1) is 6.92 Å². The molecular formula is C27H33N5O2S. The number of carbonyl (C=O) groups is 2. The van der Waals surface area contributed by atoms with Gasteiger partial charge in [0.25, 0.3) is 0 Å². The minimum atomic E-state index is -0.425. The minimum absolute atomic E-state index is 0.0198. The summed E-state index contributed by atoms with van der Waals surface area (Å²) in [6.45, 7) is 2.06. The van der Waals surface area contributed by atoms with Gasteiger partial charge in [-0.15, -0.1) is 11.8 Å². The maximum atomic E-state index is 14.1. The summed E-state index contributed by atoms with van der Waals surface area (Å²) < 4.78 is 0. The van der Waals surface area contributed by atoms with E-state index >= 15 is 0 Å². The van der Waals surface area contributed by atoms with Crippen LogP contribution in [0.15, 0.2) is 60.8 Å². The first-order chi connectivity index (χ1) is 16.9. The summed E-state index contributed by atoms with van der Waals surface area (Å²) in [6.07, 6.45) is 2.80. The van der Waals surface area contributed by atoms with Crippen LogP contribution in [-0.4, -0.2) is 63.9 Å². The number of benzene rings is 2. The highest BCUT2D eigenvalue weighted by Gasteiger charge is 2.43. The number of likely N-dealkylation sites (N-methyl/N-ethyl adjacent to an activating group) is 1. The molecule has 0 saturated carbocycles. The first kappa shape index (κ1) is 25.0. The van der Waals surface area contributed by atoms with Crippen molar-refractivity contribution in [2.45, 2.75) is 37.2 Å². The zero-order valence-electron chi connectivity index (χ0n) is 20.7. The van der Waals surface area contributed by atoms with E-state index < -0.39 is 6.04 Å². The maximum Gasteiger partial charge on any atom is 0.246 e. The summed E-state index contributed by atoms with van der Waals surface area (Å²) in [6, 6.07) is 17.5. The van der Waals surface area contributed by atoms with Crippen molar-refractivity contribution in [2.75, 3.05) is 26.9 Å². The average molecular weight is 492 g/mol. The van der Waals surface area contributed by atoms with Gasteiger partial charge < -0.3 is 15.2 Å². The van der Waals surface area contributed by atoms with E-state index in [2.05, 4.69) is 41.5 Å². The monoisotopic (exact) mass is 491 g/mol. The Labute approximate surface area is 211 Å². The molecule has 0 radical (unpaired) electrons. The van der Waals surface area contributed by atoms with Crippen LogP contribution in [0.25, 0.3) is 11.3 Å². The summed E-state index contributed by atoms with van der Waals surface area (Å²) in [7, 11) is 5.49. The molecule has 1 aliphatic rings. The Morgan fingerprint density at radius 2 is 1.89 bits per heavy atom. The molecule has 1 aromatic heterocycles. The molecule has 1 fully saturated rings. The van der Waals surface area contributed by atoms with Crippen molar-refractivity contribution < 1.29 is 9.59 Å². The van der Waals surface area contributed by atoms with E-state index in [1.807, 2.05) is 60.4 Å². The molecule has 0 aliphatic carbocycles. The zero-order valence-corrected chi connectivity index (χ0v) is 21.5. The van der Waals surface area contributed by atoms with Crippen LogP contribution in [0.1, 0.15) is 41.9 Å². The van der Waals surface area contributed by atoms with Crippen LogP contribution >= 0.6 is 11.8 Å². The Balaban J connectivity index is 1.66. The Hall–Kier alpha value is -3.10. The number of amides is 2. The first-order valence-electron chi connectivity index (χ1n) is 11.9. The quantitative estimate of drug-likeness (QED) is 0.495. The van der Waals surface area contributed by atoms with Gasteiger partial charge in [0.15, 0.2) is 0 Å². The third-order valence-electron chi connectivity index (χ3n) is 6.38. The Bertz CT molecular complexity index is 1150. The van der Waals surface area contributed by atoms with Crippen molar-refractivity contribution in [3.63, 3.8) is 0 Å². The predicted octanol–water partition coefficient (Wildman–Crippen LogP) is 4.16. The minimum Gasteiger partial charge on any atom is -0.359 e. The number of aromatic amines is 1. The zero-order chi connectivity index (χ0) is 24.9. The van der Waals surface area contributed by atoms with Gasteiger partial charge in [0, 0.05) is 19.2 Å². The van der Waals surface area contributed by atoms with Crippen LogP contribution in [0.2, 0.25) is 0 Å². The second-order valence-corrected chi connectivity index (χ2v) is 10.3. The lowest BCUT2D eigenvalue weighted by Crippen LogP contribution is -2.44. The Kier molecular flexibility index (Phi) is 7.93. The number of nitrogens with zero attached hydrogens (tertiary/aromatic N) is 3. The fourth-order valence-electron chi connectivity index (χ4n) is 4.50. The number of rotatable bonds is 8. The second kappa shape index (κ2) is 11.1. The molecule has 8 heteroatoms. The van der Waals surface area contributed by atoms with Gasteiger partial charge in [-0.2, -0.15) is 0 Å². The number of nitrogens with one attached hydrogen (secondary N) is 2. The van der Waals surface area contributed by atoms with Crippen molar-refractivity contribution >= 4 is 23.6 Å². The van der Waals surface area contributed by atoms with Crippen molar-refractivity contribution in [1.29, 1.82) is 0 Å². The third kappa shape index (κ3) is 5.60. The number of aromatic nitrogens is 2. The van der Waals surface area contributed by atoms with E-state index in [1.54, 1.807) is 18.8 Å². The molecule has 184 valence electrons. The molecule has 2 N–H and O–H groups in total. The molecule has 7 nitrogen and oxygen atoms in total. The number of hydrogen-bond donors (Lipinski definition) is 2. The fourth-order valence-corrected chi connectivity index (χ4v) is 5.91. The van der Waals surface area contributed by atoms with E-state index in [-0.39, 0.29) is 23.2 Å². The lowest BCUT2D eigenvalue weighted by molar-refractivity contribution is -0.139. The molecule has 0 bridgehead atoms. The number of H-pyrrole nitrogens is 1. The van der Waals surface area contributed by atoms with Crippen LogP contribution in [0.5, 0.6) is 0 Å². The molecule has 1 aliphatic heterocycles. The molecule has 35 heavy (non-hydrogen) atoms. The SMILES string of the molecule is CNC(=O)CCC1SC[C@@H](c2ncc(-c3ccc(C)cc3)[nH]2)N1C(=O)C(c1ccccc1)N(C)C. The molecular weight excluding hydrogens is 458 g/mol. The highest BCUT2D eigenvalue weighted by atomic mass is 32.2.